The van der Waals surface area contributed by atoms with Gasteiger partial charge in [-0.25, -0.2) is 0 Å². The Morgan fingerprint density at radius 3 is 2.58 bits per heavy atom. The maximum atomic E-state index is 12.1. The number of fused-ring (bicyclic) bond motifs is 1. The molecule has 0 amide bonds. The Morgan fingerprint density at radius 2 is 1.92 bits per heavy atom. The van der Waals surface area contributed by atoms with Crippen LogP contribution < -0.4 is 10.9 Å². The van der Waals surface area contributed by atoms with Crippen LogP contribution in [0.4, 0.5) is 5.95 Å². The monoisotopic (exact) mass is 343 g/mol. The lowest BCUT2D eigenvalue weighted by Crippen LogP contribution is -2.15. The number of hydrogen-bond acceptors (Lipinski definition) is 5. The standard InChI is InChI=1S/C17H21N5OS/c1-10(2)24-13-7-5-12(6-8-13)11(3)19-17-20-15-14(16(23)21-17)9-18-22(15)4/h5-11H,1-4H3,(H2,19,20,21,23)/t11-/m1/s1. The van der Waals surface area contributed by atoms with E-state index in [0.29, 0.717) is 22.2 Å². The Morgan fingerprint density at radius 1 is 1.21 bits per heavy atom. The lowest BCUT2D eigenvalue weighted by molar-refractivity contribution is 0.782. The minimum absolute atomic E-state index is 0.0249. The van der Waals surface area contributed by atoms with E-state index in [2.05, 4.69) is 58.5 Å². The van der Waals surface area contributed by atoms with Gasteiger partial charge in [-0.15, -0.1) is 11.8 Å². The lowest BCUT2D eigenvalue weighted by atomic mass is 10.1. The molecule has 0 spiro atoms. The van der Waals surface area contributed by atoms with Crippen molar-refractivity contribution in [1.29, 1.82) is 0 Å². The van der Waals surface area contributed by atoms with Crippen LogP contribution in [0, 0.1) is 0 Å². The molecule has 2 aromatic heterocycles. The minimum atomic E-state index is -0.188. The fraction of sp³-hybridized carbons (Fsp3) is 0.353. The predicted octanol–water partition coefficient (Wildman–Crippen LogP) is 3.33. The van der Waals surface area contributed by atoms with Gasteiger partial charge in [-0.05, 0) is 24.6 Å². The molecule has 1 aromatic carbocycles. The first kappa shape index (κ1) is 16.6. The number of benzene rings is 1. The summed E-state index contributed by atoms with van der Waals surface area (Å²) in [5.74, 6) is 0.448. The first-order valence-electron chi connectivity index (χ1n) is 7.89. The van der Waals surface area contributed by atoms with E-state index < -0.39 is 0 Å². The summed E-state index contributed by atoms with van der Waals surface area (Å²) in [6.45, 7) is 6.40. The van der Waals surface area contributed by atoms with E-state index in [0.717, 1.165) is 5.56 Å². The molecule has 0 saturated heterocycles. The number of nitrogens with zero attached hydrogens (tertiary/aromatic N) is 3. The van der Waals surface area contributed by atoms with E-state index in [4.69, 9.17) is 0 Å². The molecule has 0 aliphatic heterocycles. The van der Waals surface area contributed by atoms with Gasteiger partial charge in [-0.1, -0.05) is 26.0 Å². The van der Waals surface area contributed by atoms with Gasteiger partial charge in [-0.2, -0.15) is 10.1 Å². The SMILES string of the molecule is CC(C)Sc1ccc([C@@H](C)Nc2nc3c(cnn3C)c(=O)[nH]2)cc1. The van der Waals surface area contributed by atoms with Crippen molar-refractivity contribution in [3.8, 4) is 0 Å². The Balaban J connectivity index is 1.80. The predicted molar refractivity (Wildman–Crippen MR) is 98.6 cm³/mol. The van der Waals surface area contributed by atoms with E-state index in [1.54, 1.807) is 11.7 Å². The molecule has 24 heavy (non-hydrogen) atoms. The molecule has 3 aromatic rings. The van der Waals surface area contributed by atoms with E-state index >= 15 is 0 Å². The number of rotatable bonds is 5. The second-order valence-electron chi connectivity index (χ2n) is 6.02. The molecule has 0 saturated carbocycles. The number of H-pyrrole nitrogens is 1. The first-order valence-corrected chi connectivity index (χ1v) is 8.77. The molecule has 6 nitrogen and oxygen atoms in total. The average molecular weight is 343 g/mol. The zero-order chi connectivity index (χ0) is 17.3. The number of hydrogen-bond donors (Lipinski definition) is 2. The third-order valence-corrected chi connectivity index (χ3v) is 4.72. The van der Waals surface area contributed by atoms with Crippen LogP contribution in [0.1, 0.15) is 32.4 Å². The number of thioether (sulfide) groups is 1. The van der Waals surface area contributed by atoms with Gasteiger partial charge in [0.05, 0.1) is 12.2 Å². The summed E-state index contributed by atoms with van der Waals surface area (Å²) in [4.78, 5) is 20.6. The normalized spacial score (nSPS) is 12.7. The van der Waals surface area contributed by atoms with Crippen LogP contribution in [-0.4, -0.2) is 25.0 Å². The lowest BCUT2D eigenvalue weighted by Gasteiger charge is -2.15. The number of anilines is 1. The van der Waals surface area contributed by atoms with Crippen molar-refractivity contribution in [3.63, 3.8) is 0 Å². The van der Waals surface area contributed by atoms with Crippen LogP contribution in [0.15, 0.2) is 40.2 Å². The van der Waals surface area contributed by atoms with Gasteiger partial charge in [0.2, 0.25) is 5.95 Å². The highest BCUT2D eigenvalue weighted by Crippen LogP contribution is 2.25. The van der Waals surface area contributed by atoms with Gasteiger partial charge >= 0.3 is 0 Å². The second-order valence-corrected chi connectivity index (χ2v) is 7.67. The Hall–Kier alpha value is -2.28. The summed E-state index contributed by atoms with van der Waals surface area (Å²) >= 11 is 1.84. The number of aryl methyl sites for hydroxylation is 1. The summed E-state index contributed by atoms with van der Waals surface area (Å²) in [7, 11) is 1.77. The van der Waals surface area contributed by atoms with Crippen molar-refractivity contribution < 1.29 is 0 Å². The Bertz CT molecular complexity index is 897. The zero-order valence-corrected chi connectivity index (χ0v) is 15.0. The van der Waals surface area contributed by atoms with Crippen molar-refractivity contribution in [2.75, 3.05) is 5.32 Å². The highest BCUT2D eigenvalue weighted by molar-refractivity contribution is 7.99. The van der Waals surface area contributed by atoms with Gasteiger partial charge in [0.15, 0.2) is 5.65 Å². The second kappa shape index (κ2) is 6.68. The molecule has 0 bridgehead atoms. The largest absolute Gasteiger partial charge is 0.349 e. The van der Waals surface area contributed by atoms with E-state index in [9.17, 15) is 4.79 Å². The third-order valence-electron chi connectivity index (χ3n) is 3.71. The van der Waals surface area contributed by atoms with Crippen molar-refractivity contribution in [3.05, 3.63) is 46.4 Å². The van der Waals surface area contributed by atoms with Crippen LogP contribution in [0.2, 0.25) is 0 Å². The molecule has 7 heteroatoms. The molecule has 2 N–H and O–H groups in total. The molecular formula is C17H21N5OS. The maximum absolute atomic E-state index is 12.1. The van der Waals surface area contributed by atoms with Crippen molar-refractivity contribution >= 4 is 28.7 Å². The molecule has 0 aliphatic rings. The number of aromatic amines is 1. The van der Waals surface area contributed by atoms with E-state index in [1.165, 1.54) is 11.1 Å². The zero-order valence-electron chi connectivity index (χ0n) is 14.2. The molecule has 0 radical (unpaired) electrons. The van der Waals surface area contributed by atoms with Gasteiger partial charge in [-0.3, -0.25) is 14.5 Å². The van der Waals surface area contributed by atoms with Gasteiger partial charge < -0.3 is 5.32 Å². The molecular weight excluding hydrogens is 322 g/mol. The summed E-state index contributed by atoms with van der Waals surface area (Å²) < 4.78 is 1.60. The van der Waals surface area contributed by atoms with Crippen molar-refractivity contribution in [1.82, 2.24) is 19.7 Å². The topological polar surface area (TPSA) is 75.6 Å². The van der Waals surface area contributed by atoms with Crippen LogP contribution in [0.5, 0.6) is 0 Å². The van der Waals surface area contributed by atoms with E-state index in [-0.39, 0.29) is 11.6 Å². The fourth-order valence-corrected chi connectivity index (χ4v) is 3.33. The maximum Gasteiger partial charge on any atom is 0.263 e. The van der Waals surface area contributed by atoms with Crippen molar-refractivity contribution in [2.24, 2.45) is 7.05 Å². The number of nitrogens with one attached hydrogen (secondary N) is 2. The molecule has 0 fully saturated rings. The summed E-state index contributed by atoms with van der Waals surface area (Å²) in [5.41, 5.74) is 1.51. The van der Waals surface area contributed by atoms with Crippen molar-refractivity contribution in [2.45, 2.75) is 37.0 Å². The van der Waals surface area contributed by atoms with Crippen LogP contribution in [-0.2, 0) is 7.05 Å². The van der Waals surface area contributed by atoms with Gasteiger partial charge in [0.1, 0.15) is 5.39 Å². The van der Waals surface area contributed by atoms with Crippen LogP contribution in [0.3, 0.4) is 0 Å². The van der Waals surface area contributed by atoms with Crippen LogP contribution >= 0.6 is 11.8 Å². The Labute approximate surface area is 144 Å². The first-order chi connectivity index (χ1) is 11.4. The van der Waals surface area contributed by atoms with Gasteiger partial charge in [0, 0.05) is 17.2 Å². The molecule has 1 atom stereocenters. The third kappa shape index (κ3) is 3.46. The minimum Gasteiger partial charge on any atom is -0.349 e. The molecule has 126 valence electrons. The summed E-state index contributed by atoms with van der Waals surface area (Å²) in [6.07, 6.45) is 1.53. The molecule has 3 rings (SSSR count). The smallest absolute Gasteiger partial charge is 0.263 e. The quantitative estimate of drug-likeness (QED) is 0.695. The highest BCUT2D eigenvalue weighted by Gasteiger charge is 2.11. The Kier molecular flexibility index (Phi) is 4.62. The van der Waals surface area contributed by atoms with Crippen LogP contribution in [0.25, 0.3) is 11.0 Å². The number of aromatic nitrogens is 4. The highest BCUT2D eigenvalue weighted by atomic mass is 32.2. The fourth-order valence-electron chi connectivity index (χ4n) is 2.50. The molecule has 2 heterocycles. The molecule has 0 unspecified atom stereocenters. The molecule has 0 aliphatic carbocycles. The van der Waals surface area contributed by atoms with Gasteiger partial charge in [0.25, 0.3) is 5.56 Å². The average Bonchev–Trinajstić information content (AvgIpc) is 2.89. The van der Waals surface area contributed by atoms with E-state index in [1.807, 2.05) is 18.7 Å². The summed E-state index contributed by atoms with van der Waals surface area (Å²) in [5, 5.41) is 8.38. The summed E-state index contributed by atoms with van der Waals surface area (Å²) in [6, 6.07) is 8.47.